The summed E-state index contributed by atoms with van der Waals surface area (Å²) in [4.78, 5) is 67.5. The molecule has 4 aliphatic carbocycles. The van der Waals surface area contributed by atoms with Crippen LogP contribution in [0.5, 0.6) is 0 Å². The fourth-order valence-electron chi connectivity index (χ4n) is 11.3. The van der Waals surface area contributed by atoms with Crippen LogP contribution >= 0.6 is 0 Å². The maximum absolute atomic E-state index is 13.8. The Morgan fingerprint density at radius 2 is 1.24 bits per heavy atom. The molecule has 8 atom stereocenters. The lowest BCUT2D eigenvalue weighted by atomic mass is 9.47. The van der Waals surface area contributed by atoms with Gasteiger partial charge >= 0.3 is 24.2 Å². The zero-order valence-corrected chi connectivity index (χ0v) is 40.8. The number of hydrogen-bond donors (Lipinski definition) is 2. The number of fused-ring (bicyclic) bond motifs is 5. The number of allylic oxidation sites excluding steroid dienone is 1. The highest BCUT2D eigenvalue weighted by Crippen LogP contribution is 2.67. The maximum Gasteiger partial charge on any atom is 0.410 e. The topological polar surface area (TPSA) is 153 Å². The second kappa shape index (κ2) is 21.0. The zero-order chi connectivity index (χ0) is 46.3. The van der Waals surface area contributed by atoms with Crippen molar-refractivity contribution in [1.82, 2.24) is 20.4 Å². The first-order valence-electron chi connectivity index (χ1n) is 23.8. The number of ether oxygens (including phenoxy) is 4. The van der Waals surface area contributed by atoms with Crippen molar-refractivity contribution in [3.05, 3.63) is 11.6 Å². The molecule has 13 heteroatoms. The molecule has 0 aromatic heterocycles. The molecule has 0 radical (unpaired) electrons. The van der Waals surface area contributed by atoms with E-state index in [2.05, 4.69) is 37.5 Å². The summed E-state index contributed by atoms with van der Waals surface area (Å²) in [5.41, 5.74) is -0.133. The Morgan fingerprint density at radius 1 is 0.710 bits per heavy atom. The molecular weight excluding hydrogens is 789 g/mol. The van der Waals surface area contributed by atoms with Gasteiger partial charge in [0.25, 0.3) is 0 Å². The molecule has 4 aliphatic rings. The van der Waals surface area contributed by atoms with Crippen LogP contribution < -0.4 is 10.6 Å². The molecule has 2 N–H and O–H groups in total. The lowest BCUT2D eigenvalue weighted by Crippen LogP contribution is -2.51. The molecule has 62 heavy (non-hydrogen) atoms. The molecule has 4 amide bonds. The lowest BCUT2D eigenvalue weighted by Gasteiger charge is -2.58. The predicted octanol–water partition coefficient (Wildman–Crippen LogP) is 9.81. The number of amides is 4. The molecule has 4 unspecified atom stereocenters. The normalized spacial score (nSPS) is 27.6. The van der Waals surface area contributed by atoms with E-state index in [4.69, 9.17) is 18.9 Å². The summed E-state index contributed by atoms with van der Waals surface area (Å²) in [5.74, 6) is 1.99. The minimum atomic E-state index is -0.660. The molecule has 0 bridgehead atoms. The van der Waals surface area contributed by atoms with Crippen LogP contribution in [0.2, 0.25) is 0 Å². The molecule has 0 aliphatic heterocycles. The molecule has 0 spiro atoms. The lowest BCUT2D eigenvalue weighted by molar-refractivity contribution is -0.148. The van der Waals surface area contributed by atoms with Crippen molar-refractivity contribution >= 4 is 30.2 Å². The molecule has 0 saturated heterocycles. The Kier molecular flexibility index (Phi) is 17.3. The van der Waals surface area contributed by atoms with E-state index in [1.807, 2.05) is 41.5 Å². The van der Waals surface area contributed by atoms with Crippen molar-refractivity contribution in [2.45, 2.75) is 190 Å². The minimum absolute atomic E-state index is 0.00114. The van der Waals surface area contributed by atoms with E-state index in [9.17, 15) is 24.0 Å². The average Bonchev–Trinajstić information content (AvgIpc) is 3.49. The molecule has 0 aromatic carbocycles. The average molecular weight is 873 g/mol. The van der Waals surface area contributed by atoms with Crippen molar-refractivity contribution in [3.63, 3.8) is 0 Å². The van der Waals surface area contributed by atoms with Gasteiger partial charge in [-0.05, 0) is 167 Å². The Labute approximate surface area is 373 Å². The van der Waals surface area contributed by atoms with Crippen LogP contribution in [0.3, 0.4) is 0 Å². The Bertz CT molecular complexity index is 1590. The van der Waals surface area contributed by atoms with Crippen LogP contribution in [-0.2, 0) is 28.5 Å². The van der Waals surface area contributed by atoms with Gasteiger partial charge in [0.1, 0.15) is 22.9 Å². The van der Waals surface area contributed by atoms with Gasteiger partial charge < -0.3 is 39.4 Å². The summed E-state index contributed by atoms with van der Waals surface area (Å²) in [6.07, 6.45) is 12.1. The van der Waals surface area contributed by atoms with E-state index < -0.39 is 35.1 Å². The maximum atomic E-state index is 13.8. The Morgan fingerprint density at radius 3 is 1.77 bits per heavy atom. The van der Waals surface area contributed by atoms with Crippen molar-refractivity contribution in [2.75, 3.05) is 39.3 Å². The van der Waals surface area contributed by atoms with Gasteiger partial charge in [-0.3, -0.25) is 9.59 Å². The SMILES string of the molecule is CC(=O)O[C@H]1CC[C@@]2(C)C(=CCC3C2CC[C@@]2(C)C3CC[C@@H]2C(C)C(=O)NCCCN(CCCCN(CCCNC(=O)OC(C)(C)C)C(=O)OC(C)(C)C)C(=O)OC(C)(C)C)C1. The number of alkyl carbamates (subject to hydrolysis) is 1. The van der Waals surface area contributed by atoms with E-state index >= 15 is 0 Å². The van der Waals surface area contributed by atoms with Crippen LogP contribution in [0.25, 0.3) is 0 Å². The fraction of sp³-hybridized carbons (Fsp3) is 0.857. The summed E-state index contributed by atoms with van der Waals surface area (Å²) in [5, 5.41) is 5.98. The molecule has 13 nitrogen and oxygen atoms in total. The van der Waals surface area contributed by atoms with Gasteiger partial charge in [-0.2, -0.15) is 0 Å². The van der Waals surface area contributed by atoms with Crippen molar-refractivity contribution in [1.29, 1.82) is 0 Å². The first kappa shape index (κ1) is 51.1. The van der Waals surface area contributed by atoms with Crippen molar-refractivity contribution in [3.8, 4) is 0 Å². The summed E-state index contributed by atoms with van der Waals surface area (Å²) in [7, 11) is 0. The third kappa shape index (κ3) is 14.2. The molecule has 0 heterocycles. The molecule has 354 valence electrons. The molecule has 3 saturated carbocycles. The molecule has 3 fully saturated rings. The zero-order valence-electron chi connectivity index (χ0n) is 40.8. The highest BCUT2D eigenvalue weighted by Gasteiger charge is 2.60. The van der Waals surface area contributed by atoms with Gasteiger partial charge in [0.05, 0.1) is 0 Å². The van der Waals surface area contributed by atoms with E-state index in [0.717, 1.165) is 38.5 Å². The van der Waals surface area contributed by atoms with Crippen LogP contribution in [0.1, 0.15) is 167 Å². The highest BCUT2D eigenvalue weighted by molar-refractivity contribution is 5.78. The number of nitrogens with zero attached hydrogens (tertiary/aromatic N) is 2. The van der Waals surface area contributed by atoms with Crippen LogP contribution in [0, 0.1) is 40.4 Å². The van der Waals surface area contributed by atoms with E-state index in [0.29, 0.717) is 88.6 Å². The highest BCUT2D eigenvalue weighted by atomic mass is 16.6. The minimum Gasteiger partial charge on any atom is -0.462 e. The van der Waals surface area contributed by atoms with Crippen LogP contribution in [0.15, 0.2) is 11.6 Å². The quantitative estimate of drug-likeness (QED) is 0.0668. The van der Waals surface area contributed by atoms with Gasteiger partial charge in [-0.1, -0.05) is 32.4 Å². The Hall–Kier alpha value is -3.51. The second-order valence-corrected chi connectivity index (χ2v) is 22.3. The number of hydrogen-bond acceptors (Lipinski definition) is 9. The Balaban J connectivity index is 1.28. The first-order valence-corrected chi connectivity index (χ1v) is 23.8. The van der Waals surface area contributed by atoms with E-state index in [1.165, 1.54) is 25.3 Å². The molecule has 0 aromatic rings. The van der Waals surface area contributed by atoms with Gasteiger partial charge in [-0.15, -0.1) is 0 Å². The second-order valence-electron chi connectivity index (χ2n) is 22.3. The number of carbonyl (C=O) groups is 5. The molecule has 4 rings (SSSR count). The van der Waals surface area contributed by atoms with Crippen LogP contribution in [-0.4, -0.2) is 102 Å². The standard InChI is InChI=1S/C49H84N4O9/c1-33(38-20-21-39-37-19-18-35-32-36(59-34(2)54)22-24-48(35,12)40(37)23-25-49(38,39)13)41(55)50-26-16-30-52(43(57)61-46(6,7)8)28-14-15-29-53(44(58)62-47(9,10)11)31-17-27-51-42(56)60-45(3,4)5/h18,33,36-40H,14-17,19-32H2,1-13H3,(H,50,55)(H,51,56)/t33?,36-,37?,38+,39?,40?,48-,49+/m0/s1. The molecular formula is C49H84N4O9. The first-order chi connectivity index (χ1) is 28.7. The predicted molar refractivity (Wildman–Crippen MR) is 241 cm³/mol. The van der Waals surface area contributed by atoms with Gasteiger partial charge in [0, 0.05) is 58.5 Å². The number of carbonyl (C=O) groups excluding carboxylic acids is 5. The number of unbranched alkanes of at least 4 members (excludes halogenated alkanes) is 1. The number of nitrogens with one attached hydrogen (secondary N) is 2. The fourth-order valence-corrected chi connectivity index (χ4v) is 11.3. The summed E-state index contributed by atoms with van der Waals surface area (Å²) < 4.78 is 22.4. The third-order valence-electron chi connectivity index (χ3n) is 14.1. The summed E-state index contributed by atoms with van der Waals surface area (Å²) in [6.45, 7) is 27.5. The number of esters is 1. The van der Waals surface area contributed by atoms with Crippen molar-refractivity contribution in [2.24, 2.45) is 40.4 Å². The van der Waals surface area contributed by atoms with Gasteiger partial charge in [0.15, 0.2) is 0 Å². The van der Waals surface area contributed by atoms with Crippen LogP contribution in [0.4, 0.5) is 14.4 Å². The smallest absolute Gasteiger partial charge is 0.410 e. The summed E-state index contributed by atoms with van der Waals surface area (Å²) in [6, 6.07) is 0. The van der Waals surface area contributed by atoms with Crippen molar-refractivity contribution < 1.29 is 42.9 Å². The van der Waals surface area contributed by atoms with Gasteiger partial charge in [0.2, 0.25) is 5.91 Å². The largest absolute Gasteiger partial charge is 0.462 e. The number of rotatable bonds is 16. The monoisotopic (exact) mass is 873 g/mol. The van der Waals surface area contributed by atoms with E-state index in [-0.39, 0.29) is 34.7 Å². The van der Waals surface area contributed by atoms with E-state index in [1.54, 1.807) is 30.6 Å². The summed E-state index contributed by atoms with van der Waals surface area (Å²) >= 11 is 0. The van der Waals surface area contributed by atoms with Gasteiger partial charge in [-0.25, -0.2) is 14.4 Å². The third-order valence-corrected chi connectivity index (χ3v) is 14.1.